The van der Waals surface area contributed by atoms with E-state index in [1.54, 1.807) is 48.5 Å². The molecule has 3 N–H and O–H groups in total. The van der Waals surface area contributed by atoms with Gasteiger partial charge in [0.2, 0.25) is 0 Å². The van der Waals surface area contributed by atoms with E-state index in [-0.39, 0.29) is 22.9 Å². The number of para-hydroxylation sites is 1. The highest BCUT2D eigenvalue weighted by Gasteiger charge is 2.23. The lowest BCUT2D eigenvalue weighted by molar-refractivity contribution is 0.102. The molecule has 9 heteroatoms. The molecule has 3 aromatic rings. The topological polar surface area (TPSA) is 108 Å². The third-order valence-corrected chi connectivity index (χ3v) is 7.01. The molecular weight excluding hydrogens is 440 g/mol. The van der Waals surface area contributed by atoms with E-state index >= 15 is 0 Å². The Labute approximate surface area is 192 Å². The summed E-state index contributed by atoms with van der Waals surface area (Å²) in [6.07, 6.45) is 2.02. The Morgan fingerprint density at radius 2 is 1.39 bits per heavy atom. The van der Waals surface area contributed by atoms with E-state index in [0.29, 0.717) is 22.6 Å². The fraction of sp³-hybridized carbons (Fsp3) is 0.167. The van der Waals surface area contributed by atoms with Crippen LogP contribution in [0.4, 0.5) is 21.9 Å². The van der Waals surface area contributed by atoms with Crippen molar-refractivity contribution in [3.8, 4) is 0 Å². The molecule has 3 amide bonds. The normalized spacial score (nSPS) is 13.1. The number of anilines is 3. The number of amides is 3. The van der Waals surface area contributed by atoms with Gasteiger partial charge in [-0.2, -0.15) is 0 Å². The average Bonchev–Trinajstić information content (AvgIpc) is 3.64. The van der Waals surface area contributed by atoms with Gasteiger partial charge in [-0.05, 0) is 73.5 Å². The Morgan fingerprint density at radius 1 is 0.818 bits per heavy atom. The van der Waals surface area contributed by atoms with Gasteiger partial charge in [0.1, 0.15) is 0 Å². The Hall–Kier alpha value is -3.85. The van der Waals surface area contributed by atoms with Crippen LogP contribution in [0.1, 0.15) is 23.2 Å². The first-order valence-corrected chi connectivity index (χ1v) is 11.9. The maximum Gasteiger partial charge on any atom is 0.319 e. The average molecular weight is 465 g/mol. The van der Waals surface area contributed by atoms with Crippen LogP contribution in [-0.2, 0) is 10.0 Å². The van der Waals surface area contributed by atoms with Crippen molar-refractivity contribution < 1.29 is 18.0 Å². The molecule has 1 aliphatic carbocycles. The Morgan fingerprint density at radius 3 is 1.97 bits per heavy atom. The van der Waals surface area contributed by atoms with E-state index in [1.807, 2.05) is 6.07 Å². The minimum Gasteiger partial charge on any atom is -0.335 e. The zero-order valence-corrected chi connectivity index (χ0v) is 18.8. The lowest BCUT2D eigenvalue weighted by Crippen LogP contribution is -2.30. The molecular formula is C24H24N4O4S. The number of sulfonamides is 1. The number of benzene rings is 3. The van der Waals surface area contributed by atoms with E-state index in [9.17, 15) is 18.0 Å². The highest BCUT2D eigenvalue weighted by Crippen LogP contribution is 2.23. The summed E-state index contributed by atoms with van der Waals surface area (Å²) in [6, 6.07) is 21.3. The van der Waals surface area contributed by atoms with Crippen molar-refractivity contribution in [1.29, 1.82) is 0 Å². The maximum absolute atomic E-state index is 12.9. The van der Waals surface area contributed by atoms with Crippen molar-refractivity contribution in [2.75, 3.05) is 22.0 Å². The smallest absolute Gasteiger partial charge is 0.319 e. The molecule has 8 nitrogen and oxygen atoms in total. The number of nitrogens with one attached hydrogen (secondary N) is 3. The molecule has 0 saturated heterocycles. The zero-order chi connectivity index (χ0) is 23.4. The van der Waals surface area contributed by atoms with Gasteiger partial charge >= 0.3 is 6.03 Å². The first kappa shape index (κ1) is 22.3. The van der Waals surface area contributed by atoms with Gasteiger partial charge in [0.25, 0.3) is 15.9 Å². The van der Waals surface area contributed by atoms with Crippen LogP contribution in [-0.4, -0.2) is 33.4 Å². The minimum atomic E-state index is -3.75. The molecule has 0 radical (unpaired) electrons. The van der Waals surface area contributed by atoms with E-state index < -0.39 is 10.0 Å². The van der Waals surface area contributed by atoms with Gasteiger partial charge < -0.3 is 16.0 Å². The summed E-state index contributed by atoms with van der Waals surface area (Å²) in [4.78, 5) is 24.5. The summed E-state index contributed by atoms with van der Waals surface area (Å²) < 4.78 is 26.9. The highest BCUT2D eigenvalue weighted by atomic mass is 32.2. The molecule has 0 spiro atoms. The number of carbonyl (C=O) groups is 2. The van der Waals surface area contributed by atoms with Gasteiger partial charge in [-0.3, -0.25) is 9.10 Å². The molecule has 0 heterocycles. The van der Waals surface area contributed by atoms with Crippen molar-refractivity contribution in [2.24, 2.45) is 0 Å². The number of rotatable bonds is 7. The van der Waals surface area contributed by atoms with Crippen LogP contribution in [0, 0.1) is 0 Å². The van der Waals surface area contributed by atoms with Crippen LogP contribution >= 0.6 is 0 Å². The van der Waals surface area contributed by atoms with E-state index in [0.717, 1.165) is 12.8 Å². The van der Waals surface area contributed by atoms with Crippen LogP contribution in [0.3, 0.4) is 0 Å². The van der Waals surface area contributed by atoms with Gasteiger partial charge in [-0.25, -0.2) is 13.2 Å². The Kier molecular flexibility index (Phi) is 6.32. The maximum atomic E-state index is 12.9. The molecule has 3 aromatic carbocycles. The number of urea groups is 1. The largest absolute Gasteiger partial charge is 0.335 e. The first-order chi connectivity index (χ1) is 15.8. The molecule has 4 rings (SSSR count). The second kappa shape index (κ2) is 9.33. The lowest BCUT2D eigenvalue weighted by atomic mass is 10.2. The van der Waals surface area contributed by atoms with Gasteiger partial charge in [0.05, 0.1) is 10.6 Å². The van der Waals surface area contributed by atoms with Gasteiger partial charge in [-0.1, -0.05) is 18.2 Å². The molecule has 0 aliphatic heterocycles. The number of hydrogen-bond acceptors (Lipinski definition) is 4. The molecule has 0 aromatic heterocycles. The molecule has 1 aliphatic rings. The fourth-order valence-corrected chi connectivity index (χ4v) is 4.33. The molecule has 170 valence electrons. The van der Waals surface area contributed by atoms with Crippen LogP contribution in [0.15, 0.2) is 83.8 Å². The molecule has 33 heavy (non-hydrogen) atoms. The Bertz CT molecular complexity index is 1240. The van der Waals surface area contributed by atoms with Gasteiger partial charge in [0.15, 0.2) is 0 Å². The summed E-state index contributed by atoms with van der Waals surface area (Å²) >= 11 is 0. The van der Waals surface area contributed by atoms with Crippen molar-refractivity contribution in [2.45, 2.75) is 23.8 Å². The van der Waals surface area contributed by atoms with Crippen LogP contribution in [0.5, 0.6) is 0 Å². The number of nitrogens with zero attached hydrogens (tertiary/aromatic N) is 1. The summed E-state index contributed by atoms with van der Waals surface area (Å²) in [7, 11) is -2.26. The predicted molar refractivity (Wildman–Crippen MR) is 128 cm³/mol. The quantitative estimate of drug-likeness (QED) is 0.490. The minimum absolute atomic E-state index is 0.0882. The molecule has 1 fully saturated rings. The molecule has 1 saturated carbocycles. The standard InChI is InChI=1S/C24H24N4O4S/c1-28(21-5-3-2-4-6-21)33(31,32)22-15-7-17(8-16-22)23(29)25-18-9-11-19(12-10-18)26-24(30)27-20-13-14-20/h2-12,15-16,20H,13-14H2,1H3,(H,25,29)(H2,26,27,30). The number of carbonyl (C=O) groups excluding carboxylic acids is 2. The van der Waals surface area contributed by atoms with Crippen molar-refractivity contribution >= 4 is 39.0 Å². The summed E-state index contributed by atoms with van der Waals surface area (Å²) in [5.74, 6) is -0.373. The number of hydrogen-bond donors (Lipinski definition) is 3. The summed E-state index contributed by atoms with van der Waals surface area (Å²) in [6.45, 7) is 0. The van der Waals surface area contributed by atoms with Crippen LogP contribution in [0.2, 0.25) is 0 Å². The highest BCUT2D eigenvalue weighted by molar-refractivity contribution is 7.92. The van der Waals surface area contributed by atoms with Crippen molar-refractivity contribution in [3.05, 3.63) is 84.4 Å². The lowest BCUT2D eigenvalue weighted by Gasteiger charge is -2.19. The fourth-order valence-electron chi connectivity index (χ4n) is 3.13. The second-order valence-electron chi connectivity index (χ2n) is 7.74. The Balaban J connectivity index is 1.38. The van der Waals surface area contributed by atoms with Gasteiger partial charge in [0, 0.05) is 30.0 Å². The molecule has 0 atom stereocenters. The molecule has 0 bridgehead atoms. The summed E-state index contributed by atoms with van der Waals surface area (Å²) in [5.41, 5.74) is 2.03. The SMILES string of the molecule is CN(c1ccccc1)S(=O)(=O)c1ccc(C(=O)Nc2ccc(NC(=O)NC3CC3)cc2)cc1. The predicted octanol–water partition coefficient (Wildman–Crippen LogP) is 4.05. The third kappa shape index (κ3) is 5.50. The second-order valence-corrected chi connectivity index (χ2v) is 9.71. The van der Waals surface area contributed by atoms with E-state index in [2.05, 4.69) is 16.0 Å². The summed E-state index contributed by atoms with van der Waals surface area (Å²) in [5, 5.41) is 8.34. The third-order valence-electron chi connectivity index (χ3n) is 5.21. The van der Waals surface area contributed by atoms with E-state index in [1.165, 1.54) is 35.6 Å². The van der Waals surface area contributed by atoms with Crippen LogP contribution < -0.4 is 20.3 Å². The first-order valence-electron chi connectivity index (χ1n) is 10.5. The van der Waals surface area contributed by atoms with E-state index in [4.69, 9.17) is 0 Å². The monoisotopic (exact) mass is 464 g/mol. The van der Waals surface area contributed by atoms with Gasteiger partial charge in [-0.15, -0.1) is 0 Å². The van der Waals surface area contributed by atoms with Crippen molar-refractivity contribution in [3.63, 3.8) is 0 Å². The van der Waals surface area contributed by atoms with Crippen molar-refractivity contribution in [1.82, 2.24) is 5.32 Å². The molecule has 0 unspecified atom stereocenters. The van der Waals surface area contributed by atoms with Crippen LogP contribution in [0.25, 0.3) is 0 Å². The zero-order valence-electron chi connectivity index (χ0n) is 18.0.